The number of nitrogens with two attached hydrogens (primary N) is 1. The van der Waals surface area contributed by atoms with E-state index < -0.39 is 14.9 Å². The second-order valence-corrected chi connectivity index (χ2v) is 7.77. The summed E-state index contributed by atoms with van der Waals surface area (Å²) in [6.45, 7) is 5.79. The lowest BCUT2D eigenvalue weighted by Crippen LogP contribution is -2.34. The molecule has 0 spiro atoms. The normalized spacial score (nSPS) is 13.0. The number of hydrogen-bond donors (Lipinski definition) is 1. The lowest BCUT2D eigenvalue weighted by Gasteiger charge is -2.21. The van der Waals surface area contributed by atoms with E-state index in [-0.39, 0.29) is 41.5 Å². The zero-order valence-corrected chi connectivity index (χ0v) is 15.4. The molecule has 0 saturated heterocycles. The van der Waals surface area contributed by atoms with Crippen LogP contribution in [-0.2, 0) is 10.0 Å². The Hall–Kier alpha value is -1.22. The molecule has 132 valence electrons. The Bertz CT molecular complexity index is 649. The van der Waals surface area contributed by atoms with E-state index in [4.69, 9.17) is 5.73 Å². The van der Waals surface area contributed by atoms with Crippen LogP contribution < -0.4 is 5.73 Å². The zero-order chi connectivity index (χ0) is 17.1. The van der Waals surface area contributed by atoms with Crippen molar-refractivity contribution in [1.82, 2.24) is 4.31 Å². The van der Waals surface area contributed by atoms with E-state index in [1.165, 1.54) is 23.5 Å². The quantitative estimate of drug-likeness (QED) is 0.589. The van der Waals surface area contributed by atoms with Crippen LogP contribution in [0.25, 0.3) is 0 Å². The predicted octanol–water partition coefficient (Wildman–Crippen LogP) is 2.32. The fraction of sp³-hybridized carbons (Fsp3) is 0.571. The number of nitro benzene ring substituents is 1. The monoisotopic (exact) mass is 365 g/mol. The highest BCUT2D eigenvalue weighted by Crippen LogP contribution is 2.24. The second-order valence-electron chi connectivity index (χ2n) is 5.73. The second kappa shape index (κ2) is 8.58. The van der Waals surface area contributed by atoms with Crippen molar-refractivity contribution < 1.29 is 13.3 Å². The highest BCUT2D eigenvalue weighted by molar-refractivity contribution is 7.89. The number of aryl methyl sites for hydroxylation is 1. The first-order valence-corrected chi connectivity index (χ1v) is 8.48. The predicted molar refractivity (Wildman–Crippen MR) is 92.3 cm³/mol. The van der Waals surface area contributed by atoms with Crippen molar-refractivity contribution >= 4 is 28.1 Å². The van der Waals surface area contributed by atoms with Gasteiger partial charge in [0.05, 0.1) is 9.82 Å². The third kappa shape index (κ3) is 5.42. The molecule has 1 atom stereocenters. The zero-order valence-electron chi connectivity index (χ0n) is 13.7. The van der Waals surface area contributed by atoms with E-state index in [9.17, 15) is 18.5 Å². The largest absolute Gasteiger partial charge is 0.327 e. The van der Waals surface area contributed by atoms with Crippen molar-refractivity contribution in [3.63, 3.8) is 0 Å². The van der Waals surface area contributed by atoms with Crippen LogP contribution >= 0.6 is 12.4 Å². The Morgan fingerprint density at radius 2 is 1.91 bits per heavy atom. The van der Waals surface area contributed by atoms with Crippen molar-refractivity contribution in [2.75, 3.05) is 13.6 Å². The Morgan fingerprint density at radius 1 is 1.35 bits per heavy atom. The highest BCUT2D eigenvalue weighted by Gasteiger charge is 2.24. The fourth-order valence-corrected chi connectivity index (χ4v) is 3.12. The van der Waals surface area contributed by atoms with Crippen molar-refractivity contribution in [1.29, 1.82) is 0 Å². The third-order valence-electron chi connectivity index (χ3n) is 3.72. The number of rotatable bonds is 7. The molecule has 1 unspecified atom stereocenters. The molecular formula is C14H24ClN3O4S. The number of sulfonamides is 1. The SMILES string of the molecule is Cc1ccc(S(=O)(=O)N(C)CCC(N)C(C)C)cc1[N+](=O)[O-].Cl. The maximum atomic E-state index is 12.5. The van der Waals surface area contributed by atoms with Crippen LogP contribution in [0.5, 0.6) is 0 Å². The molecule has 2 N–H and O–H groups in total. The van der Waals surface area contributed by atoms with Crippen LogP contribution in [0, 0.1) is 23.0 Å². The van der Waals surface area contributed by atoms with Gasteiger partial charge in [0.25, 0.3) is 5.69 Å². The lowest BCUT2D eigenvalue weighted by molar-refractivity contribution is -0.385. The Kier molecular flexibility index (Phi) is 8.13. The summed E-state index contributed by atoms with van der Waals surface area (Å²) < 4.78 is 26.1. The molecule has 0 saturated carbocycles. The summed E-state index contributed by atoms with van der Waals surface area (Å²) in [7, 11) is -2.31. The molecule has 0 heterocycles. The van der Waals surface area contributed by atoms with Gasteiger partial charge >= 0.3 is 0 Å². The van der Waals surface area contributed by atoms with Crippen molar-refractivity contribution in [3.05, 3.63) is 33.9 Å². The van der Waals surface area contributed by atoms with Gasteiger partial charge in [0.1, 0.15) is 0 Å². The molecule has 0 amide bonds. The summed E-state index contributed by atoms with van der Waals surface area (Å²) in [5.74, 6) is 0.261. The summed E-state index contributed by atoms with van der Waals surface area (Å²) >= 11 is 0. The van der Waals surface area contributed by atoms with E-state index in [1.807, 2.05) is 13.8 Å². The van der Waals surface area contributed by atoms with Gasteiger partial charge in [0.15, 0.2) is 0 Å². The molecule has 0 aliphatic rings. The molecule has 0 fully saturated rings. The van der Waals surface area contributed by atoms with Gasteiger partial charge in [-0.1, -0.05) is 19.9 Å². The van der Waals surface area contributed by atoms with Gasteiger partial charge in [-0.05, 0) is 25.3 Å². The van der Waals surface area contributed by atoms with Gasteiger partial charge in [-0.25, -0.2) is 12.7 Å². The van der Waals surface area contributed by atoms with Gasteiger partial charge in [0, 0.05) is 31.3 Å². The topological polar surface area (TPSA) is 107 Å². The number of nitro groups is 1. The van der Waals surface area contributed by atoms with Crippen molar-refractivity contribution in [2.24, 2.45) is 11.7 Å². The molecule has 9 heteroatoms. The summed E-state index contributed by atoms with van der Waals surface area (Å²) in [6, 6.07) is 3.84. The minimum Gasteiger partial charge on any atom is -0.327 e. The number of benzene rings is 1. The Balaban J connectivity index is 0.00000484. The van der Waals surface area contributed by atoms with Crippen molar-refractivity contribution in [2.45, 2.75) is 38.1 Å². The van der Waals surface area contributed by atoms with E-state index >= 15 is 0 Å². The summed E-state index contributed by atoms with van der Waals surface area (Å²) in [6.07, 6.45) is 0.529. The van der Waals surface area contributed by atoms with Crippen LogP contribution in [0.4, 0.5) is 5.69 Å². The maximum Gasteiger partial charge on any atom is 0.273 e. The summed E-state index contributed by atoms with van der Waals surface area (Å²) in [5.41, 5.74) is 6.14. The molecule has 0 aliphatic carbocycles. The number of halogens is 1. The Morgan fingerprint density at radius 3 is 2.39 bits per heavy atom. The minimum absolute atomic E-state index is 0. The molecule has 1 aromatic rings. The van der Waals surface area contributed by atoms with Crippen LogP contribution in [0.15, 0.2) is 23.1 Å². The van der Waals surface area contributed by atoms with E-state index in [0.29, 0.717) is 12.0 Å². The number of nitrogens with zero attached hydrogens (tertiary/aromatic N) is 2. The van der Waals surface area contributed by atoms with Crippen LogP contribution in [-0.4, -0.2) is 37.3 Å². The van der Waals surface area contributed by atoms with E-state index in [1.54, 1.807) is 6.92 Å². The molecular weight excluding hydrogens is 342 g/mol. The third-order valence-corrected chi connectivity index (χ3v) is 5.57. The van der Waals surface area contributed by atoms with E-state index in [2.05, 4.69) is 0 Å². The van der Waals surface area contributed by atoms with Gasteiger partial charge in [-0.15, -0.1) is 12.4 Å². The first-order chi connectivity index (χ1) is 10.1. The molecule has 1 rings (SSSR count). The first kappa shape index (κ1) is 21.8. The number of hydrogen-bond acceptors (Lipinski definition) is 5. The average Bonchev–Trinajstić information content (AvgIpc) is 2.43. The summed E-state index contributed by atoms with van der Waals surface area (Å²) in [4.78, 5) is 10.3. The molecule has 0 aliphatic heterocycles. The minimum atomic E-state index is -3.76. The fourth-order valence-electron chi connectivity index (χ4n) is 1.91. The molecule has 23 heavy (non-hydrogen) atoms. The molecule has 7 nitrogen and oxygen atoms in total. The standard InChI is InChI=1S/C14H23N3O4S.ClH/c1-10(2)13(15)7-8-16(4)22(20,21)12-6-5-11(3)14(9-12)17(18)19;/h5-6,9-10,13H,7-8,15H2,1-4H3;1H. The maximum absolute atomic E-state index is 12.5. The smallest absolute Gasteiger partial charge is 0.273 e. The average molecular weight is 366 g/mol. The molecule has 0 aromatic heterocycles. The van der Waals surface area contributed by atoms with Gasteiger partial charge in [-0.2, -0.15) is 0 Å². The van der Waals surface area contributed by atoms with Crippen LogP contribution in [0.2, 0.25) is 0 Å². The summed E-state index contributed by atoms with van der Waals surface area (Å²) in [5, 5.41) is 10.9. The highest BCUT2D eigenvalue weighted by atomic mass is 35.5. The van der Waals surface area contributed by atoms with Gasteiger partial charge < -0.3 is 5.73 Å². The van der Waals surface area contributed by atoms with Crippen molar-refractivity contribution in [3.8, 4) is 0 Å². The van der Waals surface area contributed by atoms with Crippen LogP contribution in [0.3, 0.4) is 0 Å². The lowest BCUT2D eigenvalue weighted by atomic mass is 10.0. The Labute approximate surface area is 143 Å². The first-order valence-electron chi connectivity index (χ1n) is 7.04. The van der Waals surface area contributed by atoms with Gasteiger partial charge in [0.2, 0.25) is 10.0 Å². The molecule has 1 aromatic carbocycles. The van der Waals surface area contributed by atoms with E-state index in [0.717, 1.165) is 6.07 Å². The van der Waals surface area contributed by atoms with Gasteiger partial charge in [-0.3, -0.25) is 10.1 Å². The van der Waals surface area contributed by atoms with Crippen LogP contribution in [0.1, 0.15) is 25.8 Å². The molecule has 0 bridgehead atoms. The molecule has 0 radical (unpaired) electrons.